The molecule has 1 N–H and O–H groups in total. The summed E-state index contributed by atoms with van der Waals surface area (Å²) in [6.45, 7) is 5.62. The van der Waals surface area contributed by atoms with E-state index >= 15 is 0 Å². The van der Waals surface area contributed by atoms with Crippen LogP contribution in [0.25, 0.3) is 0 Å². The van der Waals surface area contributed by atoms with Gasteiger partial charge in [0.05, 0.1) is 11.3 Å². The summed E-state index contributed by atoms with van der Waals surface area (Å²) >= 11 is 0. The summed E-state index contributed by atoms with van der Waals surface area (Å²) < 4.78 is 0. The van der Waals surface area contributed by atoms with E-state index in [4.69, 9.17) is 5.11 Å². The van der Waals surface area contributed by atoms with Gasteiger partial charge in [0.25, 0.3) is 0 Å². The van der Waals surface area contributed by atoms with Gasteiger partial charge >= 0.3 is 5.97 Å². The standard InChI is InChI=1S/C10H13NO2/c1-4-9-6(2)5-8(10(12)13)7(3)11-9/h5H,4H2,1-3H3,(H,12,13). The molecule has 0 atom stereocenters. The summed E-state index contributed by atoms with van der Waals surface area (Å²) in [5.41, 5.74) is 2.82. The van der Waals surface area contributed by atoms with E-state index in [2.05, 4.69) is 4.98 Å². The normalized spacial score (nSPS) is 10.1. The molecule has 0 spiro atoms. The molecule has 1 aromatic heterocycles. The number of pyridine rings is 1. The lowest BCUT2D eigenvalue weighted by molar-refractivity contribution is 0.0695. The highest BCUT2D eigenvalue weighted by Crippen LogP contribution is 2.12. The largest absolute Gasteiger partial charge is 0.478 e. The molecule has 0 unspecified atom stereocenters. The number of nitrogens with zero attached hydrogens (tertiary/aromatic N) is 1. The maximum Gasteiger partial charge on any atom is 0.337 e. The topological polar surface area (TPSA) is 50.2 Å². The number of carboxylic acids is 1. The Morgan fingerprint density at radius 3 is 2.62 bits per heavy atom. The number of aryl methyl sites for hydroxylation is 3. The molecule has 1 rings (SSSR count). The third kappa shape index (κ3) is 1.86. The number of carboxylic acid groups (broad SMARTS) is 1. The summed E-state index contributed by atoms with van der Waals surface area (Å²) in [5, 5.41) is 8.81. The zero-order valence-corrected chi connectivity index (χ0v) is 8.09. The molecule has 1 aromatic rings. The number of rotatable bonds is 2. The first-order valence-electron chi connectivity index (χ1n) is 4.26. The SMILES string of the molecule is CCc1nc(C)c(C(=O)O)cc1C. The highest BCUT2D eigenvalue weighted by Gasteiger charge is 2.10. The van der Waals surface area contributed by atoms with E-state index in [0.29, 0.717) is 11.3 Å². The van der Waals surface area contributed by atoms with Crippen LogP contribution >= 0.6 is 0 Å². The van der Waals surface area contributed by atoms with E-state index in [0.717, 1.165) is 17.7 Å². The van der Waals surface area contributed by atoms with E-state index in [1.54, 1.807) is 13.0 Å². The molecular formula is C10H13NO2. The molecule has 70 valence electrons. The molecule has 0 amide bonds. The number of hydrogen-bond donors (Lipinski definition) is 1. The lowest BCUT2D eigenvalue weighted by atomic mass is 10.1. The summed E-state index contributed by atoms with van der Waals surface area (Å²) in [4.78, 5) is 15.0. The monoisotopic (exact) mass is 179 g/mol. The van der Waals surface area contributed by atoms with Gasteiger partial charge < -0.3 is 5.11 Å². The Kier molecular flexibility index (Phi) is 2.66. The van der Waals surface area contributed by atoms with Crippen LogP contribution in [0.1, 0.15) is 34.2 Å². The Morgan fingerprint density at radius 1 is 1.54 bits per heavy atom. The number of carbonyl (C=O) groups is 1. The Morgan fingerprint density at radius 2 is 2.15 bits per heavy atom. The highest BCUT2D eigenvalue weighted by molar-refractivity contribution is 5.89. The summed E-state index contributed by atoms with van der Waals surface area (Å²) in [6, 6.07) is 1.68. The van der Waals surface area contributed by atoms with E-state index in [9.17, 15) is 4.79 Å². The van der Waals surface area contributed by atoms with Crippen LogP contribution in [0.3, 0.4) is 0 Å². The fourth-order valence-corrected chi connectivity index (χ4v) is 1.33. The van der Waals surface area contributed by atoms with Crippen LogP contribution in [-0.4, -0.2) is 16.1 Å². The second kappa shape index (κ2) is 3.56. The first-order chi connectivity index (χ1) is 6.06. The van der Waals surface area contributed by atoms with Crippen molar-refractivity contribution < 1.29 is 9.90 Å². The van der Waals surface area contributed by atoms with Crippen LogP contribution in [0.5, 0.6) is 0 Å². The minimum atomic E-state index is -0.907. The predicted molar refractivity (Wildman–Crippen MR) is 50.0 cm³/mol. The van der Waals surface area contributed by atoms with Crippen LogP contribution in [0.15, 0.2) is 6.07 Å². The van der Waals surface area contributed by atoms with Crippen LogP contribution in [0, 0.1) is 13.8 Å². The fourth-order valence-electron chi connectivity index (χ4n) is 1.33. The van der Waals surface area contributed by atoms with Crippen LogP contribution in [0.2, 0.25) is 0 Å². The van der Waals surface area contributed by atoms with Gasteiger partial charge in [0, 0.05) is 5.69 Å². The van der Waals surface area contributed by atoms with Gasteiger partial charge in [0.15, 0.2) is 0 Å². The Hall–Kier alpha value is -1.38. The molecule has 0 saturated carbocycles. The third-order valence-electron chi connectivity index (χ3n) is 2.07. The maximum atomic E-state index is 10.7. The van der Waals surface area contributed by atoms with Crippen molar-refractivity contribution in [2.24, 2.45) is 0 Å². The Labute approximate surface area is 77.4 Å². The van der Waals surface area contributed by atoms with E-state index in [1.165, 1.54) is 0 Å². The fraction of sp³-hybridized carbons (Fsp3) is 0.400. The van der Waals surface area contributed by atoms with Crippen molar-refractivity contribution in [3.8, 4) is 0 Å². The van der Waals surface area contributed by atoms with Crippen LogP contribution in [-0.2, 0) is 6.42 Å². The third-order valence-corrected chi connectivity index (χ3v) is 2.07. The molecule has 0 aliphatic heterocycles. The Balaban J connectivity index is 3.28. The summed E-state index contributed by atoms with van der Waals surface area (Å²) in [7, 11) is 0. The van der Waals surface area contributed by atoms with Gasteiger partial charge in [-0.05, 0) is 31.9 Å². The molecule has 0 radical (unpaired) electrons. The minimum absolute atomic E-state index is 0.301. The molecule has 0 fully saturated rings. The molecule has 3 nitrogen and oxygen atoms in total. The first kappa shape index (κ1) is 9.71. The quantitative estimate of drug-likeness (QED) is 0.755. The maximum absolute atomic E-state index is 10.7. The van der Waals surface area contributed by atoms with Crippen LogP contribution in [0.4, 0.5) is 0 Å². The van der Waals surface area contributed by atoms with Gasteiger partial charge in [-0.25, -0.2) is 4.79 Å². The predicted octanol–water partition coefficient (Wildman–Crippen LogP) is 1.96. The summed E-state index contributed by atoms with van der Waals surface area (Å²) in [5.74, 6) is -0.907. The van der Waals surface area contributed by atoms with E-state index < -0.39 is 5.97 Å². The zero-order valence-electron chi connectivity index (χ0n) is 8.09. The average Bonchev–Trinajstić information content (AvgIpc) is 2.07. The second-order valence-corrected chi connectivity index (χ2v) is 3.04. The van der Waals surface area contributed by atoms with Crippen LogP contribution < -0.4 is 0 Å². The van der Waals surface area contributed by atoms with Gasteiger partial charge in [-0.15, -0.1) is 0 Å². The first-order valence-corrected chi connectivity index (χ1v) is 4.26. The highest BCUT2D eigenvalue weighted by atomic mass is 16.4. The molecule has 0 bridgehead atoms. The minimum Gasteiger partial charge on any atom is -0.478 e. The zero-order chi connectivity index (χ0) is 10.0. The van der Waals surface area contributed by atoms with Crippen molar-refractivity contribution in [1.82, 2.24) is 4.98 Å². The Bertz CT molecular complexity index is 345. The van der Waals surface area contributed by atoms with Gasteiger partial charge in [0.1, 0.15) is 0 Å². The second-order valence-electron chi connectivity index (χ2n) is 3.04. The van der Waals surface area contributed by atoms with Gasteiger partial charge in [-0.2, -0.15) is 0 Å². The lowest BCUT2D eigenvalue weighted by Crippen LogP contribution is -2.05. The molecule has 0 aliphatic carbocycles. The van der Waals surface area contributed by atoms with E-state index in [1.807, 2.05) is 13.8 Å². The molecular weight excluding hydrogens is 166 g/mol. The van der Waals surface area contributed by atoms with Crippen molar-refractivity contribution in [2.75, 3.05) is 0 Å². The molecule has 3 heteroatoms. The van der Waals surface area contributed by atoms with E-state index in [-0.39, 0.29) is 0 Å². The van der Waals surface area contributed by atoms with Crippen molar-refractivity contribution in [3.63, 3.8) is 0 Å². The smallest absolute Gasteiger partial charge is 0.337 e. The number of aromatic carboxylic acids is 1. The summed E-state index contributed by atoms with van der Waals surface area (Å²) in [6.07, 6.45) is 0.840. The van der Waals surface area contributed by atoms with Gasteiger partial charge in [-0.3, -0.25) is 4.98 Å². The molecule has 0 aliphatic rings. The molecule has 13 heavy (non-hydrogen) atoms. The van der Waals surface area contributed by atoms with Gasteiger partial charge in [0.2, 0.25) is 0 Å². The molecule has 0 aromatic carbocycles. The molecule has 1 heterocycles. The number of aromatic nitrogens is 1. The van der Waals surface area contributed by atoms with Crippen molar-refractivity contribution in [2.45, 2.75) is 27.2 Å². The molecule has 0 saturated heterocycles. The van der Waals surface area contributed by atoms with Crippen molar-refractivity contribution in [3.05, 3.63) is 28.6 Å². The number of hydrogen-bond acceptors (Lipinski definition) is 2. The van der Waals surface area contributed by atoms with Crippen molar-refractivity contribution >= 4 is 5.97 Å². The lowest BCUT2D eigenvalue weighted by Gasteiger charge is -2.06. The van der Waals surface area contributed by atoms with Gasteiger partial charge in [-0.1, -0.05) is 6.92 Å². The average molecular weight is 179 g/mol. The van der Waals surface area contributed by atoms with Crippen molar-refractivity contribution in [1.29, 1.82) is 0 Å².